The Morgan fingerprint density at radius 2 is 1.86 bits per heavy atom. The second-order valence-corrected chi connectivity index (χ2v) is 11.6. The van der Waals surface area contributed by atoms with Crippen LogP contribution in [0.4, 0.5) is 4.39 Å². The second-order valence-electron chi connectivity index (χ2n) is 11.6. The molecule has 0 amide bonds. The van der Waals surface area contributed by atoms with Gasteiger partial charge >= 0.3 is 5.97 Å². The third kappa shape index (κ3) is 6.37. The molecule has 1 aliphatic carbocycles. The quantitative estimate of drug-likeness (QED) is 0.213. The molecule has 0 spiro atoms. The molecule has 10 heteroatoms. The van der Waals surface area contributed by atoms with Gasteiger partial charge in [0.05, 0.1) is 31.3 Å². The van der Waals surface area contributed by atoms with Crippen molar-refractivity contribution in [1.82, 2.24) is 14.5 Å². The molecule has 0 radical (unpaired) electrons. The van der Waals surface area contributed by atoms with E-state index in [-0.39, 0.29) is 60.8 Å². The molecule has 1 atom stereocenters. The summed E-state index contributed by atoms with van der Waals surface area (Å²) in [4.78, 5) is 31.5. The number of nitrogens with zero attached hydrogens (tertiary/aromatic N) is 3. The molecule has 0 bridgehead atoms. The summed E-state index contributed by atoms with van der Waals surface area (Å²) >= 11 is 0. The predicted molar refractivity (Wildman–Crippen MR) is 159 cm³/mol. The molecule has 1 aliphatic heterocycles. The summed E-state index contributed by atoms with van der Waals surface area (Å²) < 4.78 is 40.6. The number of hydrogen-bond acceptors (Lipinski definition) is 8. The second kappa shape index (κ2) is 13.0. The van der Waals surface area contributed by atoms with Gasteiger partial charge in [-0.25, -0.2) is 9.37 Å². The number of methoxy groups -OCH3 is 1. The third-order valence-electron chi connectivity index (χ3n) is 8.72. The van der Waals surface area contributed by atoms with Crippen molar-refractivity contribution in [3.05, 3.63) is 54.0 Å². The van der Waals surface area contributed by atoms with E-state index in [4.69, 9.17) is 18.6 Å². The van der Waals surface area contributed by atoms with Crippen LogP contribution in [0.15, 0.2) is 47.0 Å². The van der Waals surface area contributed by atoms with E-state index in [2.05, 4.69) is 9.88 Å². The van der Waals surface area contributed by atoms with Crippen molar-refractivity contribution in [2.75, 3.05) is 33.4 Å². The molecule has 2 aliphatic rings. The molecular formula is C33H38FN3O6. The zero-order valence-corrected chi connectivity index (χ0v) is 24.7. The van der Waals surface area contributed by atoms with E-state index < -0.39 is 5.82 Å². The number of Topliss-reactive ketones (excluding diaryl/α,β-unsaturated/α-hetero) is 1. The van der Waals surface area contributed by atoms with Crippen LogP contribution in [0.1, 0.15) is 44.1 Å². The number of ether oxygens (including phenoxy) is 3. The number of likely N-dealkylation sites (tertiary alicyclic amines) is 1. The first-order valence-corrected chi connectivity index (χ1v) is 15.1. The summed E-state index contributed by atoms with van der Waals surface area (Å²) in [6.45, 7) is 1.95. The Bertz CT molecular complexity index is 1600. The van der Waals surface area contributed by atoms with Gasteiger partial charge in [0.15, 0.2) is 17.2 Å². The zero-order valence-electron chi connectivity index (χ0n) is 24.7. The van der Waals surface area contributed by atoms with E-state index in [1.165, 1.54) is 7.11 Å². The number of aromatic nitrogens is 2. The largest absolute Gasteiger partial charge is 0.469 e. The number of carbonyl (C=O) groups is 2. The summed E-state index contributed by atoms with van der Waals surface area (Å²) in [7, 11) is 3.37. The highest BCUT2D eigenvalue weighted by molar-refractivity contribution is 5.95. The normalized spacial score (nSPS) is 20.2. The lowest BCUT2D eigenvalue weighted by atomic mass is 9.87. The highest BCUT2D eigenvalue weighted by atomic mass is 19.1. The Balaban J connectivity index is 1.07. The van der Waals surface area contributed by atoms with Crippen molar-refractivity contribution in [2.24, 2.45) is 13.0 Å². The topological polar surface area (TPSA) is 96.0 Å². The van der Waals surface area contributed by atoms with Crippen LogP contribution in [0.25, 0.3) is 33.5 Å². The number of rotatable bonds is 11. The molecule has 1 unspecified atom stereocenters. The van der Waals surface area contributed by atoms with Crippen molar-refractivity contribution < 1.29 is 32.6 Å². The maximum Gasteiger partial charge on any atom is 0.308 e. The average Bonchev–Trinajstić information content (AvgIpc) is 3.78. The van der Waals surface area contributed by atoms with Crippen molar-refractivity contribution in [2.45, 2.75) is 57.3 Å². The maximum atomic E-state index is 15.5. The van der Waals surface area contributed by atoms with Crippen molar-refractivity contribution in [3.63, 3.8) is 0 Å². The number of hydrogen-bond donors (Lipinski definition) is 0. The van der Waals surface area contributed by atoms with Gasteiger partial charge in [0.2, 0.25) is 5.89 Å². The average molecular weight is 592 g/mol. The SMILES string of the molecule is COC(=O)[C@H]1CC[C@H](OC(COCC(=O)Cc2ccc3nc(-c4cn(C)c5ccccc45)oc3c2F)N2CCCC2)CC1. The van der Waals surface area contributed by atoms with Gasteiger partial charge < -0.3 is 23.2 Å². The molecule has 228 valence electrons. The smallest absolute Gasteiger partial charge is 0.308 e. The number of oxazole rings is 1. The van der Waals surface area contributed by atoms with Crippen molar-refractivity contribution in [1.29, 1.82) is 0 Å². The first-order valence-electron chi connectivity index (χ1n) is 15.1. The number of esters is 1. The number of aryl methyl sites for hydroxylation is 1. The molecule has 43 heavy (non-hydrogen) atoms. The van der Waals surface area contributed by atoms with Gasteiger partial charge in [-0.2, -0.15) is 0 Å². The molecule has 4 aromatic rings. The molecule has 2 fully saturated rings. The van der Waals surface area contributed by atoms with E-state index >= 15 is 4.39 Å². The van der Waals surface area contributed by atoms with Crippen LogP contribution < -0.4 is 0 Å². The van der Waals surface area contributed by atoms with Gasteiger partial charge in [-0.3, -0.25) is 14.5 Å². The fraction of sp³-hybridized carbons (Fsp3) is 0.485. The molecule has 2 aromatic carbocycles. The van der Waals surface area contributed by atoms with Gasteiger partial charge in [0.25, 0.3) is 0 Å². The fourth-order valence-corrected chi connectivity index (χ4v) is 6.39. The van der Waals surface area contributed by atoms with Crippen LogP contribution in [0.5, 0.6) is 0 Å². The van der Waals surface area contributed by atoms with Crippen LogP contribution >= 0.6 is 0 Å². The Morgan fingerprint density at radius 3 is 2.63 bits per heavy atom. The lowest BCUT2D eigenvalue weighted by Crippen LogP contribution is -2.42. The Hall–Kier alpha value is -3.60. The van der Waals surface area contributed by atoms with E-state index in [9.17, 15) is 9.59 Å². The Kier molecular flexibility index (Phi) is 8.88. The van der Waals surface area contributed by atoms with Crippen molar-refractivity contribution in [3.8, 4) is 11.5 Å². The third-order valence-corrected chi connectivity index (χ3v) is 8.72. The Morgan fingerprint density at radius 1 is 1.09 bits per heavy atom. The van der Waals surface area contributed by atoms with Gasteiger partial charge in [-0.15, -0.1) is 0 Å². The minimum absolute atomic E-state index is 0.0345. The van der Waals surface area contributed by atoms with Crippen LogP contribution in [-0.2, 0) is 37.3 Å². The molecular weight excluding hydrogens is 553 g/mol. The summed E-state index contributed by atoms with van der Waals surface area (Å²) in [6, 6.07) is 11.2. The van der Waals surface area contributed by atoms with E-state index in [0.717, 1.165) is 68.1 Å². The van der Waals surface area contributed by atoms with E-state index in [1.807, 2.05) is 42.1 Å². The highest BCUT2D eigenvalue weighted by Gasteiger charge is 2.31. The summed E-state index contributed by atoms with van der Waals surface area (Å²) in [5, 5.41) is 0.967. The van der Waals surface area contributed by atoms with E-state index in [0.29, 0.717) is 11.4 Å². The summed E-state index contributed by atoms with van der Waals surface area (Å²) in [5.41, 5.74) is 2.50. The van der Waals surface area contributed by atoms with Gasteiger partial charge in [0, 0.05) is 43.7 Å². The monoisotopic (exact) mass is 591 g/mol. The molecule has 0 N–H and O–H groups in total. The summed E-state index contributed by atoms with van der Waals surface area (Å²) in [6.07, 6.45) is 6.84. The molecule has 6 rings (SSSR count). The standard InChI is InChI=1S/C33H38FN3O6/c1-36-18-26(25-7-3-4-8-28(25)36)32-35-27-14-11-22(30(34)31(27)43-32)17-23(38)19-41-20-29(37-15-5-6-16-37)42-24-12-9-21(10-13-24)33(39)40-2/h3-4,7-8,11,14,18,21,24,29H,5-6,9-10,12-13,15-17,19-20H2,1-2H3/t21-,24-,29?. The zero-order chi connectivity index (χ0) is 29.9. The number of ketones is 1. The maximum absolute atomic E-state index is 15.5. The van der Waals surface area contributed by atoms with Crippen LogP contribution in [0.3, 0.4) is 0 Å². The summed E-state index contributed by atoms with van der Waals surface area (Å²) in [5.74, 6) is -0.688. The number of fused-ring (bicyclic) bond motifs is 2. The Labute approximate surface area is 249 Å². The molecule has 1 saturated heterocycles. The van der Waals surface area contributed by atoms with Crippen LogP contribution in [-0.4, -0.2) is 71.9 Å². The first kappa shape index (κ1) is 29.5. The lowest BCUT2D eigenvalue weighted by Gasteiger charge is -2.34. The lowest BCUT2D eigenvalue weighted by molar-refractivity contribution is -0.154. The number of benzene rings is 2. The number of para-hydroxylation sites is 1. The predicted octanol–water partition coefficient (Wildman–Crippen LogP) is 5.42. The van der Waals surface area contributed by atoms with Gasteiger partial charge in [-0.1, -0.05) is 24.3 Å². The minimum Gasteiger partial charge on any atom is -0.469 e. The fourth-order valence-electron chi connectivity index (χ4n) is 6.39. The molecule has 1 saturated carbocycles. The highest BCUT2D eigenvalue weighted by Crippen LogP contribution is 2.33. The van der Waals surface area contributed by atoms with Gasteiger partial charge in [-0.05, 0) is 56.2 Å². The number of halogens is 1. The number of carbonyl (C=O) groups excluding carboxylic acids is 2. The van der Waals surface area contributed by atoms with Crippen LogP contribution in [0.2, 0.25) is 0 Å². The van der Waals surface area contributed by atoms with E-state index in [1.54, 1.807) is 12.1 Å². The molecule has 2 aromatic heterocycles. The minimum atomic E-state index is -0.578. The van der Waals surface area contributed by atoms with Gasteiger partial charge in [0.1, 0.15) is 18.4 Å². The first-order chi connectivity index (χ1) is 20.9. The molecule has 9 nitrogen and oxygen atoms in total. The van der Waals surface area contributed by atoms with Crippen LogP contribution in [0, 0.1) is 11.7 Å². The molecule has 3 heterocycles. The van der Waals surface area contributed by atoms with Crippen molar-refractivity contribution >= 4 is 33.8 Å².